The van der Waals surface area contributed by atoms with Crippen molar-refractivity contribution in [3.63, 3.8) is 0 Å². The molecule has 2 aromatic rings. The lowest BCUT2D eigenvalue weighted by atomic mass is 10.1. The van der Waals surface area contributed by atoms with E-state index < -0.39 is 36.6 Å². The van der Waals surface area contributed by atoms with Gasteiger partial charge in [-0.2, -0.15) is 0 Å². The van der Waals surface area contributed by atoms with Gasteiger partial charge in [-0.05, 0) is 36.4 Å². The fourth-order valence-electron chi connectivity index (χ4n) is 2.59. The fraction of sp³-hybridized carbons (Fsp3) is 0.200. The minimum Gasteiger partial charge on any atom is -0.456 e. The number of carbonyl (C=O) groups is 4. The Bertz CT molecular complexity index is 1020. The van der Waals surface area contributed by atoms with Crippen LogP contribution in [0, 0.1) is 5.82 Å². The lowest BCUT2D eigenvalue weighted by molar-refractivity contribution is -0.141. The van der Waals surface area contributed by atoms with E-state index in [1.165, 1.54) is 31.2 Å². The molecule has 0 radical (unpaired) electrons. The standard InChI is InChI=1S/C20H17FN2O7/c1-11(24)23-13-3-4-14(15(21)7-13)16(25)9-28-19(26)8-22-20(27)12-2-5-17-18(6-12)30-10-29-17/h2-7H,8-10H2,1H3,(H,22,27)(H,23,24). The average Bonchev–Trinajstić information content (AvgIpc) is 3.17. The number of ketones is 1. The van der Waals surface area contributed by atoms with Crippen molar-refractivity contribution >= 4 is 29.3 Å². The number of esters is 1. The third-order valence-corrected chi connectivity index (χ3v) is 3.98. The van der Waals surface area contributed by atoms with Crippen molar-refractivity contribution < 1.29 is 37.8 Å². The van der Waals surface area contributed by atoms with Crippen LogP contribution in [0.2, 0.25) is 0 Å². The van der Waals surface area contributed by atoms with E-state index in [-0.39, 0.29) is 29.5 Å². The van der Waals surface area contributed by atoms with Crippen molar-refractivity contribution in [2.75, 3.05) is 25.3 Å². The summed E-state index contributed by atoms with van der Waals surface area (Å²) in [6.45, 7) is 0.151. The number of fused-ring (bicyclic) bond motifs is 1. The molecule has 9 nitrogen and oxygen atoms in total. The highest BCUT2D eigenvalue weighted by Gasteiger charge is 2.18. The maximum atomic E-state index is 14.0. The molecule has 2 aromatic carbocycles. The Morgan fingerprint density at radius 2 is 1.83 bits per heavy atom. The summed E-state index contributed by atoms with van der Waals surface area (Å²) in [5, 5.41) is 4.74. The normalized spacial score (nSPS) is 11.5. The Kier molecular flexibility index (Phi) is 6.26. The van der Waals surface area contributed by atoms with Crippen LogP contribution < -0.4 is 20.1 Å². The van der Waals surface area contributed by atoms with E-state index in [1.807, 2.05) is 0 Å². The molecule has 0 unspecified atom stereocenters. The van der Waals surface area contributed by atoms with E-state index in [1.54, 1.807) is 6.07 Å². The zero-order chi connectivity index (χ0) is 21.7. The molecule has 1 aliphatic heterocycles. The van der Waals surface area contributed by atoms with Gasteiger partial charge < -0.3 is 24.8 Å². The van der Waals surface area contributed by atoms with E-state index in [9.17, 15) is 23.6 Å². The van der Waals surface area contributed by atoms with Crippen LogP contribution in [0.25, 0.3) is 0 Å². The summed E-state index contributed by atoms with van der Waals surface area (Å²) in [4.78, 5) is 46.9. The first-order chi connectivity index (χ1) is 14.3. The SMILES string of the molecule is CC(=O)Nc1ccc(C(=O)COC(=O)CNC(=O)c2ccc3c(c2)OCO3)c(F)c1. The van der Waals surface area contributed by atoms with Gasteiger partial charge in [0.05, 0.1) is 5.56 Å². The zero-order valence-electron chi connectivity index (χ0n) is 15.8. The summed E-state index contributed by atoms with van der Waals surface area (Å²) < 4.78 is 29.1. The Hall–Kier alpha value is -3.95. The Morgan fingerprint density at radius 1 is 1.07 bits per heavy atom. The molecule has 30 heavy (non-hydrogen) atoms. The van der Waals surface area contributed by atoms with E-state index in [2.05, 4.69) is 10.6 Å². The molecule has 0 saturated heterocycles. The van der Waals surface area contributed by atoms with E-state index in [0.29, 0.717) is 11.5 Å². The first kappa shape index (κ1) is 20.8. The molecule has 0 aromatic heterocycles. The maximum absolute atomic E-state index is 14.0. The maximum Gasteiger partial charge on any atom is 0.325 e. The van der Waals surface area contributed by atoms with Crippen LogP contribution in [0.1, 0.15) is 27.6 Å². The second-order valence-electron chi connectivity index (χ2n) is 6.21. The minimum absolute atomic E-state index is 0.0668. The van der Waals surface area contributed by atoms with Gasteiger partial charge in [-0.3, -0.25) is 19.2 Å². The number of ether oxygens (including phenoxy) is 3. The second-order valence-corrected chi connectivity index (χ2v) is 6.21. The Balaban J connectivity index is 1.48. The van der Waals surface area contributed by atoms with Crippen LogP contribution >= 0.6 is 0 Å². The highest BCUT2D eigenvalue weighted by atomic mass is 19.1. The first-order valence-corrected chi connectivity index (χ1v) is 8.77. The van der Waals surface area contributed by atoms with Crippen LogP contribution in [0.5, 0.6) is 11.5 Å². The monoisotopic (exact) mass is 416 g/mol. The zero-order valence-corrected chi connectivity index (χ0v) is 15.8. The molecule has 3 rings (SSSR count). The van der Waals surface area contributed by atoms with Gasteiger partial charge in [-0.15, -0.1) is 0 Å². The Labute approximate surface area is 170 Å². The number of nitrogens with one attached hydrogen (secondary N) is 2. The molecule has 156 valence electrons. The van der Waals surface area contributed by atoms with Gasteiger partial charge in [0.15, 0.2) is 18.1 Å². The van der Waals surface area contributed by atoms with Crippen LogP contribution in [0.4, 0.5) is 10.1 Å². The molecule has 0 aliphatic carbocycles. The van der Waals surface area contributed by atoms with Crippen LogP contribution in [-0.2, 0) is 14.3 Å². The van der Waals surface area contributed by atoms with E-state index in [4.69, 9.17) is 14.2 Å². The lowest BCUT2D eigenvalue weighted by Gasteiger charge is -2.08. The predicted octanol–water partition coefficient (Wildman–Crippen LogP) is 1.67. The van der Waals surface area contributed by atoms with E-state index >= 15 is 0 Å². The average molecular weight is 416 g/mol. The molecule has 1 aliphatic rings. The predicted molar refractivity (Wildman–Crippen MR) is 101 cm³/mol. The number of benzene rings is 2. The quantitative estimate of drug-likeness (QED) is 0.520. The van der Waals surface area contributed by atoms with Gasteiger partial charge >= 0.3 is 5.97 Å². The third kappa shape index (κ3) is 5.10. The van der Waals surface area contributed by atoms with Crippen molar-refractivity contribution in [3.8, 4) is 11.5 Å². The number of amides is 2. The fourth-order valence-corrected chi connectivity index (χ4v) is 2.59. The summed E-state index contributed by atoms with van der Waals surface area (Å²) in [6, 6.07) is 8.07. The molecule has 0 saturated carbocycles. The summed E-state index contributed by atoms with van der Waals surface area (Å²) in [6.07, 6.45) is 0. The van der Waals surface area contributed by atoms with Crippen molar-refractivity contribution in [1.29, 1.82) is 0 Å². The topological polar surface area (TPSA) is 120 Å². The number of rotatable bonds is 7. The van der Waals surface area contributed by atoms with Gasteiger partial charge in [0, 0.05) is 18.2 Å². The smallest absolute Gasteiger partial charge is 0.325 e. The van der Waals surface area contributed by atoms with Gasteiger partial charge in [0.2, 0.25) is 18.5 Å². The van der Waals surface area contributed by atoms with E-state index in [0.717, 1.165) is 6.07 Å². The van der Waals surface area contributed by atoms with Crippen LogP contribution in [0.15, 0.2) is 36.4 Å². The van der Waals surface area contributed by atoms with Crippen molar-refractivity contribution in [2.24, 2.45) is 0 Å². The summed E-state index contributed by atoms with van der Waals surface area (Å²) in [7, 11) is 0. The third-order valence-electron chi connectivity index (χ3n) is 3.98. The molecular formula is C20H17FN2O7. The molecule has 0 spiro atoms. The Morgan fingerprint density at radius 3 is 2.57 bits per heavy atom. The summed E-state index contributed by atoms with van der Waals surface area (Å²) in [5.41, 5.74) is 0.158. The van der Waals surface area contributed by atoms with Gasteiger partial charge in [-0.1, -0.05) is 0 Å². The molecule has 0 fully saturated rings. The minimum atomic E-state index is -0.868. The summed E-state index contributed by atoms with van der Waals surface area (Å²) >= 11 is 0. The molecule has 10 heteroatoms. The van der Waals surface area contributed by atoms with Gasteiger partial charge in [0.25, 0.3) is 5.91 Å². The van der Waals surface area contributed by atoms with Crippen molar-refractivity contribution in [1.82, 2.24) is 5.32 Å². The molecule has 0 atom stereocenters. The number of Topliss-reactive ketones (excluding diaryl/α,β-unsaturated/α-hetero) is 1. The van der Waals surface area contributed by atoms with Crippen LogP contribution in [0.3, 0.4) is 0 Å². The molecular weight excluding hydrogens is 399 g/mol. The number of carbonyl (C=O) groups excluding carboxylic acids is 4. The number of halogens is 1. The highest BCUT2D eigenvalue weighted by Crippen LogP contribution is 2.32. The van der Waals surface area contributed by atoms with Crippen LogP contribution in [-0.4, -0.2) is 43.5 Å². The highest BCUT2D eigenvalue weighted by molar-refractivity contribution is 5.99. The number of anilines is 1. The number of hydrogen-bond donors (Lipinski definition) is 2. The molecule has 2 N–H and O–H groups in total. The lowest BCUT2D eigenvalue weighted by Crippen LogP contribution is -2.31. The van der Waals surface area contributed by atoms with Gasteiger partial charge in [0.1, 0.15) is 12.4 Å². The molecule has 2 amide bonds. The first-order valence-electron chi connectivity index (χ1n) is 8.77. The van der Waals surface area contributed by atoms with Gasteiger partial charge in [-0.25, -0.2) is 4.39 Å². The largest absolute Gasteiger partial charge is 0.456 e. The molecule has 0 bridgehead atoms. The summed E-state index contributed by atoms with van der Waals surface area (Å²) in [5.74, 6) is -2.49. The number of hydrogen-bond acceptors (Lipinski definition) is 7. The molecule has 1 heterocycles. The van der Waals surface area contributed by atoms with Crippen molar-refractivity contribution in [3.05, 3.63) is 53.3 Å². The van der Waals surface area contributed by atoms with Crippen molar-refractivity contribution in [2.45, 2.75) is 6.92 Å². The second kappa shape index (κ2) is 9.03.